The van der Waals surface area contributed by atoms with Gasteiger partial charge in [0.2, 0.25) is 0 Å². The molecule has 0 spiro atoms. The van der Waals surface area contributed by atoms with Gasteiger partial charge in [-0.25, -0.2) is 0 Å². The van der Waals surface area contributed by atoms with E-state index < -0.39 is 0 Å². The highest BCUT2D eigenvalue weighted by molar-refractivity contribution is 5.83. The number of aromatic nitrogens is 2. The van der Waals surface area contributed by atoms with Gasteiger partial charge in [0.15, 0.2) is 0 Å². The molecule has 2 heterocycles. The third-order valence-electron chi connectivity index (χ3n) is 4.93. The van der Waals surface area contributed by atoms with E-state index in [-0.39, 0.29) is 0 Å². The molecule has 0 aromatic carbocycles. The molecule has 0 N–H and O–H groups in total. The van der Waals surface area contributed by atoms with Crippen molar-refractivity contribution in [2.24, 2.45) is 13.0 Å². The quantitative estimate of drug-likeness (QED) is 0.845. The zero-order chi connectivity index (χ0) is 13.9. The summed E-state index contributed by atoms with van der Waals surface area (Å²) in [7, 11) is 1.96. The highest BCUT2D eigenvalue weighted by Crippen LogP contribution is 2.32. The van der Waals surface area contributed by atoms with Crippen molar-refractivity contribution in [2.75, 3.05) is 13.1 Å². The molecule has 1 aliphatic heterocycles. The van der Waals surface area contributed by atoms with Crippen LogP contribution in [-0.2, 0) is 18.3 Å². The number of likely N-dealkylation sites (tertiary alicyclic amines) is 1. The van der Waals surface area contributed by atoms with Gasteiger partial charge < -0.3 is 0 Å². The Morgan fingerprint density at radius 1 is 1.30 bits per heavy atom. The van der Waals surface area contributed by atoms with Gasteiger partial charge in [-0.2, -0.15) is 5.10 Å². The van der Waals surface area contributed by atoms with Crippen LogP contribution in [0.1, 0.15) is 44.1 Å². The molecular formula is C16H25N3O. The zero-order valence-corrected chi connectivity index (χ0v) is 12.4. The maximum Gasteiger partial charge on any atom is 0.137 e. The van der Waals surface area contributed by atoms with Crippen molar-refractivity contribution in [1.82, 2.24) is 14.7 Å². The molecule has 2 atom stereocenters. The Bertz CT molecular complexity index is 468. The molecule has 3 rings (SSSR count). The van der Waals surface area contributed by atoms with Crippen molar-refractivity contribution in [3.8, 4) is 0 Å². The minimum atomic E-state index is 0.323. The van der Waals surface area contributed by atoms with E-state index in [0.29, 0.717) is 17.7 Å². The lowest BCUT2D eigenvalue weighted by atomic mass is 9.88. The van der Waals surface area contributed by atoms with Crippen LogP contribution >= 0.6 is 0 Å². The second-order valence-electron chi connectivity index (χ2n) is 6.34. The number of carbonyl (C=O) groups is 1. The van der Waals surface area contributed by atoms with Crippen molar-refractivity contribution in [1.29, 1.82) is 0 Å². The number of aryl methyl sites for hydroxylation is 1. The number of rotatable bonds is 4. The second-order valence-corrected chi connectivity index (χ2v) is 6.34. The molecule has 1 saturated heterocycles. The number of hydrogen-bond acceptors (Lipinski definition) is 3. The SMILES string of the molecule is Cn1cc(CCN2CCCCC2C2CCCC2=O)cn1. The predicted molar refractivity (Wildman–Crippen MR) is 78.5 cm³/mol. The average Bonchev–Trinajstić information content (AvgIpc) is 3.05. The van der Waals surface area contributed by atoms with Gasteiger partial charge in [0, 0.05) is 38.2 Å². The van der Waals surface area contributed by atoms with Gasteiger partial charge in [0.05, 0.1) is 6.20 Å². The van der Waals surface area contributed by atoms with Crippen LogP contribution in [0.15, 0.2) is 12.4 Å². The molecule has 1 aliphatic carbocycles. The highest BCUT2D eigenvalue weighted by Gasteiger charge is 2.36. The summed E-state index contributed by atoms with van der Waals surface area (Å²) in [6.45, 7) is 2.23. The van der Waals surface area contributed by atoms with E-state index in [4.69, 9.17) is 0 Å². The van der Waals surface area contributed by atoms with E-state index in [1.165, 1.54) is 24.8 Å². The van der Waals surface area contributed by atoms with Crippen molar-refractivity contribution in [3.05, 3.63) is 18.0 Å². The Morgan fingerprint density at radius 3 is 2.90 bits per heavy atom. The molecule has 1 aromatic heterocycles. The van der Waals surface area contributed by atoms with E-state index >= 15 is 0 Å². The van der Waals surface area contributed by atoms with Gasteiger partial charge >= 0.3 is 0 Å². The lowest BCUT2D eigenvalue weighted by molar-refractivity contribution is -0.123. The summed E-state index contributed by atoms with van der Waals surface area (Å²) in [5.41, 5.74) is 1.30. The normalized spacial score (nSPS) is 28.1. The van der Waals surface area contributed by atoms with E-state index in [0.717, 1.165) is 38.8 Å². The van der Waals surface area contributed by atoms with Crippen LogP contribution in [0.25, 0.3) is 0 Å². The summed E-state index contributed by atoms with van der Waals surface area (Å²) < 4.78 is 1.86. The summed E-state index contributed by atoms with van der Waals surface area (Å²) in [5, 5.41) is 4.23. The molecule has 2 fully saturated rings. The van der Waals surface area contributed by atoms with Gasteiger partial charge in [-0.05, 0) is 44.2 Å². The van der Waals surface area contributed by atoms with Gasteiger partial charge in [0.1, 0.15) is 5.78 Å². The molecule has 1 saturated carbocycles. The first-order valence-electron chi connectivity index (χ1n) is 7.98. The van der Waals surface area contributed by atoms with Crippen molar-refractivity contribution >= 4 is 5.78 Å². The lowest BCUT2D eigenvalue weighted by Crippen LogP contribution is -2.46. The van der Waals surface area contributed by atoms with Crippen LogP contribution in [-0.4, -0.2) is 39.6 Å². The molecular weight excluding hydrogens is 250 g/mol. The topological polar surface area (TPSA) is 38.1 Å². The fraction of sp³-hybridized carbons (Fsp3) is 0.750. The first kappa shape index (κ1) is 13.8. The average molecular weight is 275 g/mol. The number of Topliss-reactive ketones (excluding diaryl/α,β-unsaturated/α-hetero) is 1. The van der Waals surface area contributed by atoms with Crippen LogP contribution in [0.5, 0.6) is 0 Å². The minimum Gasteiger partial charge on any atom is -0.299 e. The Labute approximate surface area is 121 Å². The largest absolute Gasteiger partial charge is 0.299 e. The molecule has 20 heavy (non-hydrogen) atoms. The highest BCUT2D eigenvalue weighted by atomic mass is 16.1. The third-order valence-corrected chi connectivity index (χ3v) is 4.93. The number of hydrogen-bond donors (Lipinski definition) is 0. The Morgan fingerprint density at radius 2 is 2.20 bits per heavy atom. The number of piperidine rings is 1. The Balaban J connectivity index is 1.61. The summed E-state index contributed by atoms with van der Waals surface area (Å²) >= 11 is 0. The van der Waals surface area contributed by atoms with Crippen LogP contribution < -0.4 is 0 Å². The van der Waals surface area contributed by atoms with E-state index in [9.17, 15) is 4.79 Å². The number of nitrogens with zero attached hydrogens (tertiary/aromatic N) is 3. The second kappa shape index (κ2) is 6.08. The zero-order valence-electron chi connectivity index (χ0n) is 12.4. The van der Waals surface area contributed by atoms with Crippen LogP contribution in [0.4, 0.5) is 0 Å². The summed E-state index contributed by atoms with van der Waals surface area (Å²) in [6.07, 6.45) is 11.9. The monoisotopic (exact) mass is 275 g/mol. The first-order chi connectivity index (χ1) is 9.74. The van der Waals surface area contributed by atoms with Crippen molar-refractivity contribution in [2.45, 2.75) is 51.0 Å². The van der Waals surface area contributed by atoms with Crippen LogP contribution in [0, 0.1) is 5.92 Å². The van der Waals surface area contributed by atoms with Gasteiger partial charge in [0.25, 0.3) is 0 Å². The van der Waals surface area contributed by atoms with E-state index in [2.05, 4.69) is 16.2 Å². The maximum atomic E-state index is 12.1. The third kappa shape index (κ3) is 2.95. The summed E-state index contributed by atoms with van der Waals surface area (Å²) in [5.74, 6) is 0.840. The molecule has 4 heteroatoms. The molecule has 0 amide bonds. The van der Waals surface area contributed by atoms with Crippen molar-refractivity contribution < 1.29 is 4.79 Å². The fourth-order valence-electron chi connectivity index (χ4n) is 3.87. The molecule has 2 unspecified atom stereocenters. The fourth-order valence-corrected chi connectivity index (χ4v) is 3.87. The molecule has 110 valence electrons. The van der Waals surface area contributed by atoms with Gasteiger partial charge in [-0.1, -0.05) is 6.42 Å². The minimum absolute atomic E-state index is 0.323. The Hall–Kier alpha value is -1.16. The Kier molecular flexibility index (Phi) is 4.20. The molecule has 0 bridgehead atoms. The van der Waals surface area contributed by atoms with Crippen LogP contribution in [0.2, 0.25) is 0 Å². The predicted octanol–water partition coefficient (Wildman–Crippen LogP) is 2.19. The van der Waals surface area contributed by atoms with E-state index in [1.54, 1.807) is 0 Å². The van der Waals surface area contributed by atoms with E-state index in [1.807, 2.05) is 17.9 Å². The smallest absolute Gasteiger partial charge is 0.137 e. The first-order valence-corrected chi connectivity index (χ1v) is 7.98. The van der Waals surface area contributed by atoms with Crippen LogP contribution in [0.3, 0.4) is 0 Å². The van der Waals surface area contributed by atoms with Crippen molar-refractivity contribution in [3.63, 3.8) is 0 Å². The molecule has 2 aliphatic rings. The summed E-state index contributed by atoms with van der Waals surface area (Å²) in [6, 6.07) is 0.510. The lowest BCUT2D eigenvalue weighted by Gasteiger charge is -2.38. The summed E-state index contributed by atoms with van der Waals surface area (Å²) in [4.78, 5) is 14.6. The molecule has 4 nitrogen and oxygen atoms in total. The number of ketones is 1. The van der Waals surface area contributed by atoms with Gasteiger partial charge in [-0.3, -0.25) is 14.4 Å². The number of carbonyl (C=O) groups excluding carboxylic acids is 1. The standard InChI is InChI=1S/C16H25N3O/c1-18-12-13(11-17-18)8-10-19-9-3-2-6-15(19)14-5-4-7-16(14)20/h11-12,14-15H,2-10H2,1H3. The molecule has 0 radical (unpaired) electrons. The maximum absolute atomic E-state index is 12.1. The molecule has 1 aromatic rings. The van der Waals surface area contributed by atoms with Gasteiger partial charge in [-0.15, -0.1) is 0 Å².